The molecule has 3 heterocycles. The van der Waals surface area contributed by atoms with E-state index in [9.17, 15) is 4.39 Å². The SMILES string of the molecule is Fc1ccc(-n2c(CC3CCNCC3)nc3cccnc32)cc1. The number of rotatable bonds is 3. The zero-order chi connectivity index (χ0) is 15.6. The molecule has 0 amide bonds. The molecule has 4 rings (SSSR count). The zero-order valence-electron chi connectivity index (χ0n) is 12.9. The molecule has 0 bridgehead atoms. The molecule has 1 saturated heterocycles. The van der Waals surface area contributed by atoms with Crippen molar-refractivity contribution in [3.05, 3.63) is 54.2 Å². The first-order valence-corrected chi connectivity index (χ1v) is 8.10. The van der Waals surface area contributed by atoms with Crippen LogP contribution < -0.4 is 5.32 Å². The van der Waals surface area contributed by atoms with Crippen LogP contribution >= 0.6 is 0 Å². The van der Waals surface area contributed by atoms with Crippen LogP contribution in [0, 0.1) is 11.7 Å². The molecule has 5 heteroatoms. The number of piperidine rings is 1. The average Bonchev–Trinajstić information content (AvgIpc) is 2.94. The second-order valence-electron chi connectivity index (χ2n) is 6.08. The van der Waals surface area contributed by atoms with Gasteiger partial charge in [0.1, 0.15) is 17.2 Å². The van der Waals surface area contributed by atoms with Crippen molar-refractivity contribution in [2.75, 3.05) is 13.1 Å². The number of aromatic nitrogens is 3. The molecule has 1 aromatic carbocycles. The lowest BCUT2D eigenvalue weighted by Gasteiger charge is -2.22. The molecule has 1 N–H and O–H groups in total. The van der Waals surface area contributed by atoms with Gasteiger partial charge in [-0.3, -0.25) is 4.57 Å². The summed E-state index contributed by atoms with van der Waals surface area (Å²) in [7, 11) is 0. The number of imidazole rings is 1. The number of halogens is 1. The first kappa shape index (κ1) is 14.3. The molecule has 3 aromatic rings. The molecular weight excluding hydrogens is 291 g/mol. The maximum atomic E-state index is 13.3. The molecule has 1 aliphatic rings. The lowest BCUT2D eigenvalue weighted by molar-refractivity contribution is 0.366. The van der Waals surface area contributed by atoms with Crippen molar-refractivity contribution in [2.24, 2.45) is 5.92 Å². The minimum Gasteiger partial charge on any atom is -0.317 e. The second kappa shape index (κ2) is 6.08. The topological polar surface area (TPSA) is 42.7 Å². The standard InChI is InChI=1S/C18H19FN4/c19-14-3-5-15(6-4-14)23-17(12-13-7-10-20-11-8-13)22-16-2-1-9-21-18(16)23/h1-6,9,13,20H,7-8,10-12H2. The lowest BCUT2D eigenvalue weighted by Crippen LogP contribution is -2.29. The van der Waals surface area contributed by atoms with Gasteiger partial charge in [-0.2, -0.15) is 0 Å². The predicted octanol–water partition coefficient (Wildman–Crippen LogP) is 3.10. The molecule has 0 radical (unpaired) electrons. The third kappa shape index (κ3) is 2.84. The number of hydrogen-bond donors (Lipinski definition) is 1. The fourth-order valence-electron chi connectivity index (χ4n) is 3.30. The summed E-state index contributed by atoms with van der Waals surface area (Å²) in [4.78, 5) is 9.28. The van der Waals surface area contributed by atoms with Crippen molar-refractivity contribution < 1.29 is 4.39 Å². The Labute approximate surface area is 134 Å². The van der Waals surface area contributed by atoms with Crippen molar-refractivity contribution in [3.8, 4) is 5.69 Å². The van der Waals surface area contributed by atoms with Crippen LogP contribution in [0.1, 0.15) is 18.7 Å². The van der Waals surface area contributed by atoms with Crippen LogP contribution in [0.2, 0.25) is 0 Å². The first-order chi connectivity index (χ1) is 11.3. The highest BCUT2D eigenvalue weighted by molar-refractivity contribution is 5.73. The summed E-state index contributed by atoms with van der Waals surface area (Å²) in [5, 5.41) is 3.40. The van der Waals surface area contributed by atoms with Gasteiger partial charge in [0.05, 0.1) is 0 Å². The number of nitrogens with one attached hydrogen (secondary N) is 1. The van der Waals surface area contributed by atoms with Gasteiger partial charge in [0, 0.05) is 18.3 Å². The van der Waals surface area contributed by atoms with Gasteiger partial charge in [0.2, 0.25) is 0 Å². The van der Waals surface area contributed by atoms with Crippen molar-refractivity contribution in [3.63, 3.8) is 0 Å². The van der Waals surface area contributed by atoms with Crippen LogP contribution in [0.4, 0.5) is 4.39 Å². The Hall–Kier alpha value is -2.27. The predicted molar refractivity (Wildman–Crippen MR) is 88.1 cm³/mol. The highest BCUT2D eigenvalue weighted by Gasteiger charge is 2.19. The number of benzene rings is 1. The molecule has 0 aliphatic carbocycles. The van der Waals surface area contributed by atoms with Gasteiger partial charge in [-0.15, -0.1) is 0 Å². The van der Waals surface area contributed by atoms with Gasteiger partial charge in [0.25, 0.3) is 0 Å². The highest BCUT2D eigenvalue weighted by atomic mass is 19.1. The normalized spacial score (nSPS) is 16.0. The molecule has 23 heavy (non-hydrogen) atoms. The van der Waals surface area contributed by atoms with Crippen LogP contribution in [0.3, 0.4) is 0 Å². The maximum Gasteiger partial charge on any atom is 0.164 e. The fourth-order valence-corrected chi connectivity index (χ4v) is 3.30. The van der Waals surface area contributed by atoms with E-state index in [4.69, 9.17) is 4.98 Å². The van der Waals surface area contributed by atoms with Gasteiger partial charge in [0.15, 0.2) is 5.65 Å². The third-order valence-corrected chi connectivity index (χ3v) is 4.50. The van der Waals surface area contributed by atoms with Gasteiger partial charge in [-0.25, -0.2) is 14.4 Å². The quantitative estimate of drug-likeness (QED) is 0.808. The van der Waals surface area contributed by atoms with Crippen molar-refractivity contribution in [1.82, 2.24) is 19.9 Å². The fraction of sp³-hybridized carbons (Fsp3) is 0.333. The molecule has 1 aliphatic heterocycles. The summed E-state index contributed by atoms with van der Waals surface area (Å²) in [6.07, 6.45) is 5.04. The lowest BCUT2D eigenvalue weighted by atomic mass is 9.94. The van der Waals surface area contributed by atoms with Crippen LogP contribution in [-0.4, -0.2) is 27.6 Å². The summed E-state index contributed by atoms with van der Waals surface area (Å²) < 4.78 is 15.3. The zero-order valence-corrected chi connectivity index (χ0v) is 12.9. The molecule has 0 saturated carbocycles. The Morgan fingerprint density at radius 1 is 1.13 bits per heavy atom. The van der Waals surface area contributed by atoms with E-state index in [1.165, 1.54) is 25.0 Å². The molecule has 2 aromatic heterocycles. The maximum absolute atomic E-state index is 13.3. The van der Waals surface area contributed by atoms with Gasteiger partial charge < -0.3 is 5.32 Å². The van der Waals surface area contributed by atoms with Crippen molar-refractivity contribution in [1.29, 1.82) is 0 Å². The molecule has 4 nitrogen and oxygen atoms in total. The first-order valence-electron chi connectivity index (χ1n) is 8.10. The molecule has 118 valence electrons. The Morgan fingerprint density at radius 2 is 1.91 bits per heavy atom. The Kier molecular flexibility index (Phi) is 3.79. The van der Waals surface area contributed by atoms with Crippen LogP contribution in [0.5, 0.6) is 0 Å². The van der Waals surface area contributed by atoms with Gasteiger partial charge in [-0.1, -0.05) is 0 Å². The average molecular weight is 310 g/mol. The Morgan fingerprint density at radius 3 is 2.70 bits per heavy atom. The number of hydrogen-bond acceptors (Lipinski definition) is 3. The molecule has 0 atom stereocenters. The van der Waals surface area contributed by atoms with Gasteiger partial charge >= 0.3 is 0 Å². The van der Waals surface area contributed by atoms with Crippen molar-refractivity contribution >= 4 is 11.2 Å². The molecule has 1 fully saturated rings. The third-order valence-electron chi connectivity index (χ3n) is 4.50. The Bertz CT molecular complexity index is 804. The van der Waals surface area contributed by atoms with E-state index in [1.807, 2.05) is 12.1 Å². The van der Waals surface area contributed by atoms with E-state index in [0.29, 0.717) is 5.92 Å². The van der Waals surface area contributed by atoms with Crippen molar-refractivity contribution in [2.45, 2.75) is 19.3 Å². The summed E-state index contributed by atoms with van der Waals surface area (Å²) in [5.41, 5.74) is 2.64. The van der Waals surface area contributed by atoms with Crippen LogP contribution in [-0.2, 0) is 6.42 Å². The number of fused-ring (bicyclic) bond motifs is 1. The van der Waals surface area contributed by atoms with E-state index >= 15 is 0 Å². The second-order valence-corrected chi connectivity index (χ2v) is 6.08. The molecular formula is C18H19FN4. The number of nitrogens with zero attached hydrogens (tertiary/aromatic N) is 3. The van der Waals surface area contributed by atoms with E-state index < -0.39 is 0 Å². The van der Waals surface area contributed by atoms with E-state index in [-0.39, 0.29) is 5.82 Å². The van der Waals surface area contributed by atoms with E-state index in [1.54, 1.807) is 18.3 Å². The Balaban J connectivity index is 1.79. The van der Waals surface area contributed by atoms with Crippen LogP contribution in [0.15, 0.2) is 42.6 Å². The summed E-state index contributed by atoms with van der Waals surface area (Å²) in [6, 6.07) is 10.4. The molecule has 0 spiro atoms. The molecule has 0 unspecified atom stereocenters. The smallest absolute Gasteiger partial charge is 0.164 e. The minimum absolute atomic E-state index is 0.231. The monoisotopic (exact) mass is 310 g/mol. The van der Waals surface area contributed by atoms with Crippen LogP contribution in [0.25, 0.3) is 16.9 Å². The van der Waals surface area contributed by atoms with E-state index in [0.717, 1.165) is 42.2 Å². The summed E-state index contributed by atoms with van der Waals surface area (Å²) in [5.74, 6) is 1.41. The van der Waals surface area contributed by atoms with E-state index in [2.05, 4.69) is 14.9 Å². The van der Waals surface area contributed by atoms with Gasteiger partial charge in [-0.05, 0) is 68.2 Å². The largest absolute Gasteiger partial charge is 0.317 e. The minimum atomic E-state index is -0.231. The summed E-state index contributed by atoms with van der Waals surface area (Å²) in [6.45, 7) is 2.14. The summed E-state index contributed by atoms with van der Waals surface area (Å²) >= 11 is 0. The number of pyridine rings is 1. The highest BCUT2D eigenvalue weighted by Crippen LogP contribution is 2.24.